The number of hydrogen-bond acceptors (Lipinski definition) is 4. The number of carbonyl (C=O) groups excluding carboxylic acids is 1. The Morgan fingerprint density at radius 3 is 2.63 bits per heavy atom. The molecule has 5 nitrogen and oxygen atoms in total. The van der Waals surface area contributed by atoms with Crippen molar-refractivity contribution in [2.75, 3.05) is 24.3 Å². The molecule has 0 unspecified atom stereocenters. The van der Waals surface area contributed by atoms with Gasteiger partial charge in [-0.2, -0.15) is 0 Å². The monoisotopic (exact) mass is 257 g/mol. The Balaban J connectivity index is 2.07. The van der Waals surface area contributed by atoms with Gasteiger partial charge in [0.25, 0.3) is 0 Å². The molecule has 0 saturated carbocycles. The average Bonchev–Trinajstić information content (AvgIpc) is 2.40. The fourth-order valence-corrected chi connectivity index (χ4v) is 1.60. The minimum atomic E-state index is -0.540. The fourth-order valence-electron chi connectivity index (χ4n) is 1.60. The van der Waals surface area contributed by atoms with Gasteiger partial charge in [-0.3, -0.25) is 10.3 Å². The van der Waals surface area contributed by atoms with Crippen molar-refractivity contribution in [2.45, 2.75) is 0 Å². The number of nitrogens with zero attached hydrogens (tertiary/aromatic N) is 2. The molecule has 0 radical (unpaired) electrons. The summed E-state index contributed by atoms with van der Waals surface area (Å²) in [5.74, 6) is 0.496. The molecule has 1 N–H and O–H groups in total. The van der Waals surface area contributed by atoms with Crippen LogP contribution in [0.2, 0.25) is 0 Å². The molecule has 0 atom stereocenters. The highest BCUT2D eigenvalue weighted by molar-refractivity contribution is 5.90. The van der Waals surface area contributed by atoms with E-state index >= 15 is 0 Å². The maximum atomic E-state index is 11.8. The molecule has 2 aromatic rings. The summed E-state index contributed by atoms with van der Waals surface area (Å²) in [6.45, 7) is 0. The third kappa shape index (κ3) is 3.45. The van der Waals surface area contributed by atoms with Crippen molar-refractivity contribution in [1.82, 2.24) is 4.98 Å². The van der Waals surface area contributed by atoms with Crippen LogP contribution in [0.15, 0.2) is 48.8 Å². The van der Waals surface area contributed by atoms with E-state index < -0.39 is 6.09 Å². The summed E-state index contributed by atoms with van der Waals surface area (Å²) in [6.07, 6.45) is 2.72. The lowest BCUT2D eigenvalue weighted by Gasteiger charge is -2.16. The van der Waals surface area contributed by atoms with Crippen molar-refractivity contribution >= 4 is 17.5 Å². The van der Waals surface area contributed by atoms with E-state index in [0.29, 0.717) is 11.4 Å². The van der Waals surface area contributed by atoms with Crippen LogP contribution in [0.25, 0.3) is 0 Å². The standard InChI is InChI=1S/C14H15N3O2/c1-17(2)13-8-9-15-10-12(13)16-14(18)19-11-6-4-3-5-7-11/h3-10H,1-2H3,(H,16,18). The lowest BCUT2D eigenvalue weighted by Crippen LogP contribution is -2.19. The van der Waals surface area contributed by atoms with Crippen LogP contribution in [0.3, 0.4) is 0 Å². The molecular weight excluding hydrogens is 242 g/mol. The molecule has 2 rings (SSSR count). The van der Waals surface area contributed by atoms with Gasteiger partial charge in [0.15, 0.2) is 0 Å². The molecule has 1 heterocycles. The van der Waals surface area contributed by atoms with E-state index in [2.05, 4.69) is 10.3 Å². The van der Waals surface area contributed by atoms with Crippen molar-refractivity contribution in [3.8, 4) is 5.75 Å². The second-order valence-electron chi connectivity index (χ2n) is 4.11. The quantitative estimate of drug-likeness (QED) is 0.918. The van der Waals surface area contributed by atoms with Crippen molar-refractivity contribution in [3.63, 3.8) is 0 Å². The van der Waals surface area contributed by atoms with Gasteiger partial charge in [-0.15, -0.1) is 0 Å². The van der Waals surface area contributed by atoms with Crippen molar-refractivity contribution in [2.24, 2.45) is 0 Å². The summed E-state index contributed by atoms with van der Waals surface area (Å²) in [7, 11) is 3.78. The number of pyridine rings is 1. The van der Waals surface area contributed by atoms with Gasteiger partial charge in [0.1, 0.15) is 5.75 Å². The van der Waals surface area contributed by atoms with Gasteiger partial charge in [0.05, 0.1) is 17.6 Å². The highest BCUT2D eigenvalue weighted by Crippen LogP contribution is 2.22. The first-order valence-electron chi connectivity index (χ1n) is 5.82. The number of amides is 1. The number of benzene rings is 1. The summed E-state index contributed by atoms with van der Waals surface area (Å²) in [5, 5.41) is 2.68. The molecule has 19 heavy (non-hydrogen) atoms. The maximum Gasteiger partial charge on any atom is 0.417 e. The Hall–Kier alpha value is -2.56. The zero-order valence-corrected chi connectivity index (χ0v) is 10.8. The van der Waals surface area contributed by atoms with Crippen molar-refractivity contribution < 1.29 is 9.53 Å². The van der Waals surface area contributed by atoms with Gasteiger partial charge >= 0.3 is 6.09 Å². The molecule has 0 aliphatic rings. The molecular formula is C14H15N3O2. The SMILES string of the molecule is CN(C)c1ccncc1NC(=O)Oc1ccccc1. The molecule has 1 amide bonds. The molecule has 0 fully saturated rings. The van der Waals surface area contributed by atoms with E-state index in [1.807, 2.05) is 31.1 Å². The third-order valence-corrected chi connectivity index (χ3v) is 2.47. The Labute approximate surface area is 111 Å². The van der Waals surface area contributed by atoms with Crippen LogP contribution >= 0.6 is 0 Å². The Bertz CT molecular complexity index is 556. The van der Waals surface area contributed by atoms with Crippen molar-refractivity contribution in [3.05, 3.63) is 48.8 Å². The fraction of sp³-hybridized carbons (Fsp3) is 0.143. The smallest absolute Gasteiger partial charge is 0.410 e. The summed E-state index contributed by atoms with van der Waals surface area (Å²) in [4.78, 5) is 17.7. The molecule has 0 aliphatic carbocycles. The Morgan fingerprint density at radius 1 is 1.21 bits per heavy atom. The Kier molecular flexibility index (Phi) is 3.97. The predicted octanol–water partition coefficient (Wildman–Crippen LogP) is 2.76. The normalized spacial score (nSPS) is 9.79. The van der Waals surface area contributed by atoms with E-state index in [-0.39, 0.29) is 0 Å². The molecule has 5 heteroatoms. The number of carbonyl (C=O) groups is 1. The van der Waals surface area contributed by atoms with E-state index in [9.17, 15) is 4.79 Å². The minimum absolute atomic E-state index is 0.496. The van der Waals surface area contributed by atoms with Crippen LogP contribution in [0, 0.1) is 0 Å². The van der Waals surface area contributed by atoms with Crippen LogP contribution in [0.1, 0.15) is 0 Å². The number of ether oxygens (including phenoxy) is 1. The Morgan fingerprint density at radius 2 is 1.95 bits per heavy atom. The topological polar surface area (TPSA) is 54.5 Å². The molecule has 1 aromatic heterocycles. The van der Waals surface area contributed by atoms with Gasteiger partial charge in [-0.25, -0.2) is 4.79 Å². The second-order valence-corrected chi connectivity index (χ2v) is 4.11. The van der Waals surface area contributed by atoms with E-state index in [4.69, 9.17) is 4.74 Å². The number of rotatable bonds is 3. The summed E-state index contributed by atoms with van der Waals surface area (Å²) in [6, 6.07) is 10.7. The first kappa shape index (κ1) is 12.9. The van der Waals surface area contributed by atoms with E-state index in [1.54, 1.807) is 36.7 Å². The van der Waals surface area contributed by atoms with Gasteiger partial charge in [-0.1, -0.05) is 18.2 Å². The highest BCUT2D eigenvalue weighted by atomic mass is 16.6. The summed E-state index contributed by atoms with van der Waals surface area (Å²) in [5.41, 5.74) is 1.47. The van der Waals surface area contributed by atoms with E-state index in [1.165, 1.54) is 0 Å². The molecule has 0 saturated heterocycles. The van der Waals surface area contributed by atoms with Crippen molar-refractivity contribution in [1.29, 1.82) is 0 Å². The summed E-state index contributed by atoms with van der Waals surface area (Å²) >= 11 is 0. The van der Waals surface area contributed by atoms with Crippen LogP contribution in [0.5, 0.6) is 5.75 Å². The molecule has 0 bridgehead atoms. The first-order chi connectivity index (χ1) is 9.16. The average molecular weight is 257 g/mol. The zero-order chi connectivity index (χ0) is 13.7. The number of para-hydroxylation sites is 1. The first-order valence-corrected chi connectivity index (χ1v) is 5.82. The van der Waals surface area contributed by atoms with Gasteiger partial charge < -0.3 is 9.64 Å². The lowest BCUT2D eigenvalue weighted by atomic mass is 10.3. The second kappa shape index (κ2) is 5.86. The lowest BCUT2D eigenvalue weighted by molar-refractivity contribution is 0.215. The van der Waals surface area contributed by atoms with Gasteiger partial charge in [0, 0.05) is 20.3 Å². The molecule has 0 aliphatic heterocycles. The third-order valence-electron chi connectivity index (χ3n) is 2.47. The molecule has 0 spiro atoms. The molecule has 1 aromatic carbocycles. The van der Waals surface area contributed by atoms with Crippen LogP contribution in [0.4, 0.5) is 16.2 Å². The highest BCUT2D eigenvalue weighted by Gasteiger charge is 2.09. The van der Waals surface area contributed by atoms with Crippen LogP contribution < -0.4 is 15.0 Å². The largest absolute Gasteiger partial charge is 0.417 e. The molecule has 98 valence electrons. The minimum Gasteiger partial charge on any atom is -0.410 e. The maximum absolute atomic E-state index is 11.8. The predicted molar refractivity (Wildman–Crippen MR) is 74.7 cm³/mol. The zero-order valence-electron chi connectivity index (χ0n) is 10.8. The van der Waals surface area contributed by atoms with Crippen LogP contribution in [-0.4, -0.2) is 25.2 Å². The van der Waals surface area contributed by atoms with E-state index in [0.717, 1.165) is 5.69 Å². The summed E-state index contributed by atoms with van der Waals surface area (Å²) < 4.78 is 5.16. The van der Waals surface area contributed by atoms with Crippen LogP contribution in [-0.2, 0) is 0 Å². The number of hydrogen-bond donors (Lipinski definition) is 1. The van der Waals surface area contributed by atoms with Gasteiger partial charge in [0.2, 0.25) is 0 Å². The van der Waals surface area contributed by atoms with Gasteiger partial charge in [-0.05, 0) is 18.2 Å². The number of nitrogens with one attached hydrogen (secondary N) is 1. The number of anilines is 2. The number of aromatic nitrogens is 1.